The molecule has 0 saturated heterocycles. The van der Waals surface area contributed by atoms with E-state index in [1.807, 2.05) is 39.8 Å². The Morgan fingerprint density at radius 3 is 2.39 bits per heavy atom. The van der Waals surface area contributed by atoms with Gasteiger partial charge in [-0.05, 0) is 49.6 Å². The highest BCUT2D eigenvalue weighted by atomic mass is 32.2. The van der Waals surface area contributed by atoms with Crippen molar-refractivity contribution in [2.75, 3.05) is 5.75 Å². The number of aryl methyl sites for hydroxylation is 3. The van der Waals surface area contributed by atoms with Gasteiger partial charge in [-0.15, -0.1) is 11.8 Å². The lowest BCUT2D eigenvalue weighted by Gasteiger charge is -2.29. The van der Waals surface area contributed by atoms with Crippen LogP contribution in [0.5, 0.6) is 0 Å². The first kappa shape index (κ1) is 23.2. The number of hydrogen-bond donors (Lipinski definition) is 1. The van der Waals surface area contributed by atoms with Gasteiger partial charge in [-0.1, -0.05) is 24.6 Å². The summed E-state index contributed by atoms with van der Waals surface area (Å²) >= 11 is 1.33. The summed E-state index contributed by atoms with van der Waals surface area (Å²) in [6.45, 7) is 7.64. The fourth-order valence-electron chi connectivity index (χ4n) is 3.75. The number of halogens is 3. The Balaban J connectivity index is 1.70. The zero-order valence-corrected chi connectivity index (χ0v) is 18.5. The minimum Gasteiger partial charge on any atom is -0.511 e. The van der Waals surface area contributed by atoms with Crippen LogP contribution in [0.4, 0.5) is 13.2 Å². The number of alkyl halides is 3. The second-order valence-electron chi connectivity index (χ2n) is 7.91. The number of ether oxygens (including phenoxy) is 1. The predicted molar refractivity (Wildman–Crippen MR) is 114 cm³/mol. The number of esters is 1. The van der Waals surface area contributed by atoms with Crippen LogP contribution >= 0.6 is 11.8 Å². The van der Waals surface area contributed by atoms with Gasteiger partial charge in [0.2, 0.25) is 0 Å². The molecule has 1 aliphatic rings. The van der Waals surface area contributed by atoms with Gasteiger partial charge < -0.3 is 9.84 Å². The number of cyclic esters (lactones) is 1. The third-order valence-corrected chi connectivity index (χ3v) is 6.51. The molecule has 1 aromatic carbocycles. The van der Waals surface area contributed by atoms with Crippen LogP contribution in [0.25, 0.3) is 5.57 Å². The number of aliphatic hydroxyl groups excluding tert-OH is 1. The van der Waals surface area contributed by atoms with Crippen molar-refractivity contribution in [2.45, 2.75) is 51.3 Å². The maximum absolute atomic E-state index is 12.8. The smallest absolute Gasteiger partial charge is 0.433 e. The monoisotopic (exact) mass is 451 g/mol. The van der Waals surface area contributed by atoms with E-state index in [1.165, 1.54) is 24.0 Å². The minimum atomic E-state index is -4.47. The molecule has 0 bridgehead atoms. The number of rotatable bonds is 5. The summed E-state index contributed by atoms with van der Waals surface area (Å²) in [5.41, 5.74) is 2.84. The van der Waals surface area contributed by atoms with E-state index < -0.39 is 23.9 Å². The van der Waals surface area contributed by atoms with Crippen LogP contribution in [0.2, 0.25) is 0 Å². The third kappa shape index (κ3) is 5.23. The molecule has 0 radical (unpaired) electrons. The van der Waals surface area contributed by atoms with Crippen LogP contribution < -0.4 is 0 Å². The molecule has 1 aromatic heterocycles. The predicted octanol–water partition coefficient (Wildman–Crippen LogP) is 6.04. The van der Waals surface area contributed by atoms with E-state index in [4.69, 9.17) is 4.74 Å². The van der Waals surface area contributed by atoms with Crippen molar-refractivity contribution < 1.29 is 27.8 Å². The van der Waals surface area contributed by atoms with Crippen LogP contribution in [0, 0.1) is 26.7 Å². The second-order valence-corrected chi connectivity index (χ2v) is 9.00. The molecule has 0 spiro atoms. The Labute approximate surface area is 183 Å². The number of benzene rings is 1. The normalized spacial score (nSPS) is 18.2. The molecule has 3 rings (SSSR count). The van der Waals surface area contributed by atoms with Crippen molar-refractivity contribution in [1.82, 2.24) is 4.98 Å². The first-order valence-corrected chi connectivity index (χ1v) is 10.8. The highest BCUT2D eigenvalue weighted by Gasteiger charge is 2.35. The molecule has 2 heterocycles. The summed E-state index contributed by atoms with van der Waals surface area (Å²) in [6, 6.07) is 6.23. The lowest BCUT2D eigenvalue weighted by atomic mass is 9.89. The zero-order valence-electron chi connectivity index (χ0n) is 17.7. The van der Waals surface area contributed by atoms with Crippen LogP contribution in [0.3, 0.4) is 0 Å². The summed E-state index contributed by atoms with van der Waals surface area (Å²) in [5, 5.41) is 10.7. The van der Waals surface area contributed by atoms with Crippen molar-refractivity contribution in [2.24, 2.45) is 5.92 Å². The van der Waals surface area contributed by atoms with E-state index in [1.54, 1.807) is 0 Å². The van der Waals surface area contributed by atoms with Gasteiger partial charge in [0.1, 0.15) is 23.1 Å². The quantitative estimate of drug-likeness (QED) is 0.444. The topological polar surface area (TPSA) is 59.4 Å². The fourth-order valence-corrected chi connectivity index (χ4v) is 4.72. The zero-order chi connectivity index (χ0) is 22.9. The SMILES string of the molecule is Cc1cc(C)c(C2=C(O)CC(C(C)CSc3ccc(C(F)(F)F)nc3)OC2=O)c(C)c1. The molecule has 8 heteroatoms. The molecular weight excluding hydrogens is 427 g/mol. The number of pyridine rings is 1. The number of carbonyl (C=O) groups is 1. The maximum atomic E-state index is 12.8. The molecule has 31 heavy (non-hydrogen) atoms. The Morgan fingerprint density at radius 2 is 1.87 bits per heavy atom. The Morgan fingerprint density at radius 1 is 1.23 bits per heavy atom. The highest BCUT2D eigenvalue weighted by molar-refractivity contribution is 7.99. The number of nitrogens with zero attached hydrogens (tertiary/aromatic N) is 1. The summed E-state index contributed by atoms with van der Waals surface area (Å²) in [7, 11) is 0. The molecule has 2 atom stereocenters. The van der Waals surface area contributed by atoms with E-state index in [0.717, 1.165) is 22.8 Å². The van der Waals surface area contributed by atoms with E-state index in [9.17, 15) is 23.1 Å². The van der Waals surface area contributed by atoms with E-state index in [0.29, 0.717) is 16.2 Å². The molecule has 0 saturated carbocycles. The third-order valence-electron chi connectivity index (χ3n) is 5.25. The largest absolute Gasteiger partial charge is 0.511 e. The summed E-state index contributed by atoms with van der Waals surface area (Å²) < 4.78 is 43.5. The fraction of sp³-hybridized carbons (Fsp3) is 0.391. The van der Waals surface area contributed by atoms with Gasteiger partial charge >= 0.3 is 12.1 Å². The molecule has 1 N–H and O–H groups in total. The Hall–Kier alpha value is -2.48. The Bertz CT molecular complexity index is 993. The van der Waals surface area contributed by atoms with Gasteiger partial charge in [0, 0.05) is 29.2 Å². The van der Waals surface area contributed by atoms with Crippen LogP contribution in [-0.4, -0.2) is 27.9 Å². The van der Waals surface area contributed by atoms with Crippen molar-refractivity contribution in [3.63, 3.8) is 0 Å². The van der Waals surface area contributed by atoms with Gasteiger partial charge in [0.25, 0.3) is 0 Å². The number of aliphatic hydroxyl groups is 1. The highest BCUT2D eigenvalue weighted by Crippen LogP contribution is 2.36. The first-order chi connectivity index (χ1) is 14.5. The van der Waals surface area contributed by atoms with Gasteiger partial charge in [0.15, 0.2) is 0 Å². The molecule has 4 nitrogen and oxygen atoms in total. The second kappa shape index (κ2) is 8.94. The van der Waals surface area contributed by atoms with Crippen LogP contribution in [0.1, 0.15) is 41.3 Å². The average Bonchev–Trinajstić information content (AvgIpc) is 2.67. The maximum Gasteiger partial charge on any atom is 0.433 e. The lowest BCUT2D eigenvalue weighted by Crippen LogP contribution is -2.32. The van der Waals surface area contributed by atoms with Gasteiger partial charge in [-0.2, -0.15) is 13.2 Å². The first-order valence-electron chi connectivity index (χ1n) is 9.84. The number of aromatic nitrogens is 1. The molecule has 166 valence electrons. The number of thioether (sulfide) groups is 1. The standard InChI is InChI=1S/C23H24F3NO3S/c1-12-7-13(2)20(14(3)8-12)21-17(28)9-18(30-22(21)29)15(4)11-31-16-5-6-19(27-10-16)23(24,25)26/h5-8,10,15,18,28H,9,11H2,1-4H3. The molecule has 0 amide bonds. The van der Waals surface area contributed by atoms with Crippen molar-refractivity contribution in [3.8, 4) is 0 Å². The molecule has 0 aliphatic carbocycles. The lowest BCUT2D eigenvalue weighted by molar-refractivity contribution is -0.145. The van der Waals surface area contributed by atoms with Crippen molar-refractivity contribution in [1.29, 1.82) is 0 Å². The molecular formula is C23H24F3NO3S. The van der Waals surface area contributed by atoms with Gasteiger partial charge in [-0.3, -0.25) is 4.98 Å². The van der Waals surface area contributed by atoms with Crippen molar-refractivity contribution >= 4 is 23.3 Å². The summed E-state index contributed by atoms with van der Waals surface area (Å²) in [4.78, 5) is 16.8. The van der Waals surface area contributed by atoms with E-state index in [2.05, 4.69) is 4.98 Å². The van der Waals surface area contributed by atoms with Gasteiger partial charge in [-0.25, -0.2) is 4.79 Å². The summed E-state index contributed by atoms with van der Waals surface area (Å²) in [5.74, 6) is -0.183. The van der Waals surface area contributed by atoms with E-state index >= 15 is 0 Å². The molecule has 0 fully saturated rings. The molecule has 2 unspecified atom stereocenters. The number of carbonyl (C=O) groups excluding carboxylic acids is 1. The minimum absolute atomic E-state index is 0.00403. The van der Waals surface area contributed by atoms with Crippen LogP contribution in [0.15, 0.2) is 41.1 Å². The van der Waals surface area contributed by atoms with Crippen LogP contribution in [-0.2, 0) is 15.7 Å². The Kier molecular flexibility index (Phi) is 6.69. The molecule has 2 aromatic rings. The van der Waals surface area contributed by atoms with E-state index in [-0.39, 0.29) is 23.7 Å². The number of hydrogen-bond acceptors (Lipinski definition) is 5. The molecule has 1 aliphatic heterocycles. The average molecular weight is 452 g/mol. The summed E-state index contributed by atoms with van der Waals surface area (Å²) in [6.07, 6.45) is -3.60. The van der Waals surface area contributed by atoms with Crippen molar-refractivity contribution in [3.05, 3.63) is 64.2 Å². The van der Waals surface area contributed by atoms with Gasteiger partial charge in [0.05, 0.1) is 0 Å².